The van der Waals surface area contributed by atoms with Crippen molar-refractivity contribution >= 4 is 48.8 Å². The Kier molecular flexibility index (Phi) is 13.8. The average Bonchev–Trinajstić information content (AvgIpc) is 2.38. The lowest BCUT2D eigenvalue weighted by molar-refractivity contribution is 0.672. The molecule has 18 heavy (non-hydrogen) atoms. The predicted molar refractivity (Wildman–Crippen MR) is 94.2 cm³/mol. The van der Waals surface area contributed by atoms with Gasteiger partial charge in [-0.05, 0) is 12.8 Å². The lowest BCUT2D eigenvalue weighted by atomic mass is 9.71. The second-order valence-electron chi connectivity index (χ2n) is 4.88. The van der Waals surface area contributed by atoms with E-state index in [2.05, 4.69) is 45.5 Å². The monoisotopic (exact) mass is 398 g/mol. The highest BCUT2D eigenvalue weighted by Gasteiger charge is 2.16. The molecule has 0 saturated carbocycles. The van der Waals surface area contributed by atoms with Crippen LogP contribution in [-0.2, 0) is 0 Å². The standard InChI is InChI=1S/C14H26BBr2Cl/c1-3-5-7-9-11-13(16)14(18)15(17)12-10-8-6-4-2/h3-12H2,1-2H3/b14-13+. The van der Waals surface area contributed by atoms with Gasteiger partial charge in [-0.3, -0.25) is 0 Å². The van der Waals surface area contributed by atoms with Gasteiger partial charge in [-0.15, -0.1) is 15.8 Å². The number of rotatable bonds is 11. The number of halogens is 3. The maximum Gasteiger partial charge on any atom is 0.269 e. The van der Waals surface area contributed by atoms with E-state index in [1.54, 1.807) is 0 Å². The maximum absolute atomic E-state index is 6.39. The van der Waals surface area contributed by atoms with Crippen molar-refractivity contribution in [1.29, 1.82) is 0 Å². The maximum atomic E-state index is 6.39. The fraction of sp³-hybridized carbons (Fsp3) is 0.857. The summed E-state index contributed by atoms with van der Waals surface area (Å²) in [6, 6.07) is 0. The van der Waals surface area contributed by atoms with E-state index < -0.39 is 0 Å². The topological polar surface area (TPSA) is 0 Å². The highest BCUT2D eigenvalue weighted by Crippen LogP contribution is 2.29. The molecule has 0 saturated heterocycles. The first-order chi connectivity index (χ1) is 8.63. The van der Waals surface area contributed by atoms with E-state index in [0.717, 1.165) is 17.7 Å². The Hall–Kier alpha value is 1.05. The van der Waals surface area contributed by atoms with Gasteiger partial charge in [0.2, 0.25) is 0 Å². The minimum absolute atomic E-state index is 0.330. The van der Waals surface area contributed by atoms with Gasteiger partial charge in [-0.1, -0.05) is 92.6 Å². The van der Waals surface area contributed by atoms with Crippen LogP contribution >= 0.6 is 43.3 Å². The fourth-order valence-electron chi connectivity index (χ4n) is 1.87. The van der Waals surface area contributed by atoms with Crippen LogP contribution in [0.1, 0.15) is 71.6 Å². The molecule has 0 spiro atoms. The van der Waals surface area contributed by atoms with E-state index in [4.69, 9.17) is 11.6 Å². The van der Waals surface area contributed by atoms with Crippen LogP contribution in [0.25, 0.3) is 0 Å². The normalized spacial score (nSPS) is 12.5. The zero-order valence-corrected chi connectivity index (χ0v) is 15.7. The van der Waals surface area contributed by atoms with Gasteiger partial charge in [0.25, 0.3) is 5.54 Å². The van der Waals surface area contributed by atoms with Crippen LogP contribution in [0.2, 0.25) is 6.32 Å². The molecule has 0 heterocycles. The molecule has 0 aliphatic heterocycles. The summed E-state index contributed by atoms with van der Waals surface area (Å²) in [6.45, 7) is 4.48. The Balaban J connectivity index is 3.87. The molecule has 0 aromatic carbocycles. The average molecular weight is 400 g/mol. The van der Waals surface area contributed by atoms with Crippen LogP contribution in [0.3, 0.4) is 0 Å². The van der Waals surface area contributed by atoms with Gasteiger partial charge in [0, 0.05) is 9.41 Å². The van der Waals surface area contributed by atoms with E-state index in [-0.39, 0.29) is 0 Å². The van der Waals surface area contributed by atoms with Gasteiger partial charge in [-0.2, -0.15) is 0 Å². The quantitative estimate of drug-likeness (QED) is 0.252. The Bertz CT molecular complexity index is 232. The molecule has 0 amide bonds. The second kappa shape index (κ2) is 13.1. The van der Waals surface area contributed by atoms with Crippen molar-refractivity contribution in [3.05, 3.63) is 9.41 Å². The summed E-state index contributed by atoms with van der Waals surface area (Å²) >= 11 is 13.7. The molecule has 0 aromatic rings. The molecule has 0 nitrogen and oxygen atoms in total. The van der Waals surface area contributed by atoms with Gasteiger partial charge < -0.3 is 0 Å². The van der Waals surface area contributed by atoms with Crippen LogP contribution in [0.4, 0.5) is 0 Å². The SMILES string of the molecule is CCCCCCB(Br)/C(Cl)=C(\Br)CCCCCC. The van der Waals surface area contributed by atoms with Crippen LogP contribution in [-0.4, -0.2) is 5.54 Å². The lowest BCUT2D eigenvalue weighted by Gasteiger charge is -2.08. The van der Waals surface area contributed by atoms with E-state index in [1.807, 2.05) is 0 Å². The molecule has 0 unspecified atom stereocenters. The molecule has 0 rings (SSSR count). The summed E-state index contributed by atoms with van der Waals surface area (Å²) in [4.78, 5) is 0.975. The molecule has 0 bridgehead atoms. The van der Waals surface area contributed by atoms with Crippen molar-refractivity contribution in [2.24, 2.45) is 0 Å². The Labute approximate surface area is 135 Å². The third kappa shape index (κ3) is 9.92. The molecule has 0 aliphatic carbocycles. The van der Waals surface area contributed by atoms with Crippen molar-refractivity contribution in [2.45, 2.75) is 78.0 Å². The summed E-state index contributed by atoms with van der Waals surface area (Å²) < 4.78 is 1.19. The van der Waals surface area contributed by atoms with Crippen molar-refractivity contribution in [2.75, 3.05) is 0 Å². The Morgan fingerprint density at radius 2 is 1.50 bits per heavy atom. The van der Waals surface area contributed by atoms with Crippen LogP contribution in [0.15, 0.2) is 9.41 Å². The number of hydrogen-bond donors (Lipinski definition) is 0. The zero-order valence-electron chi connectivity index (χ0n) is 11.8. The van der Waals surface area contributed by atoms with Gasteiger partial charge >= 0.3 is 0 Å². The summed E-state index contributed by atoms with van der Waals surface area (Å²) in [5.41, 5.74) is 0.330. The Morgan fingerprint density at radius 1 is 0.944 bits per heavy atom. The summed E-state index contributed by atoms with van der Waals surface area (Å²) in [5, 5.41) is 0. The smallest absolute Gasteiger partial charge is 0.149 e. The number of allylic oxidation sites excluding steroid dienone is 1. The minimum Gasteiger partial charge on any atom is -0.149 e. The first-order valence-corrected chi connectivity index (χ1v) is 9.40. The molecule has 4 heteroatoms. The largest absolute Gasteiger partial charge is 0.269 e. The Morgan fingerprint density at radius 3 is 2.06 bits per heavy atom. The van der Waals surface area contributed by atoms with Crippen molar-refractivity contribution in [1.82, 2.24) is 0 Å². The molecule has 0 aromatic heterocycles. The zero-order chi connectivity index (χ0) is 13.8. The van der Waals surface area contributed by atoms with E-state index in [0.29, 0.717) is 5.54 Å². The van der Waals surface area contributed by atoms with Gasteiger partial charge in [0.15, 0.2) is 0 Å². The first kappa shape index (κ1) is 19.1. The summed E-state index contributed by atoms with van der Waals surface area (Å²) in [5.74, 6) is 0. The van der Waals surface area contributed by atoms with E-state index >= 15 is 0 Å². The second-order valence-corrected chi connectivity index (χ2v) is 7.35. The minimum atomic E-state index is 0.330. The fourth-order valence-corrected chi connectivity index (χ4v) is 3.54. The van der Waals surface area contributed by atoms with Crippen molar-refractivity contribution in [3.8, 4) is 0 Å². The molecule has 106 valence electrons. The highest BCUT2D eigenvalue weighted by atomic mass is 79.9. The molecule has 0 aliphatic rings. The van der Waals surface area contributed by atoms with Gasteiger partial charge in [-0.25, -0.2) is 0 Å². The summed E-state index contributed by atoms with van der Waals surface area (Å²) in [6.07, 6.45) is 12.6. The number of unbranched alkanes of at least 4 members (excludes halogenated alkanes) is 6. The van der Waals surface area contributed by atoms with E-state index in [9.17, 15) is 0 Å². The third-order valence-electron chi connectivity index (χ3n) is 3.10. The summed E-state index contributed by atoms with van der Waals surface area (Å²) in [7, 11) is 0. The molecule has 0 atom stereocenters. The van der Waals surface area contributed by atoms with Crippen molar-refractivity contribution in [3.63, 3.8) is 0 Å². The van der Waals surface area contributed by atoms with Gasteiger partial charge in [0.05, 0.1) is 0 Å². The molecule has 0 N–H and O–H groups in total. The third-order valence-corrected chi connectivity index (χ3v) is 5.82. The van der Waals surface area contributed by atoms with Crippen LogP contribution in [0, 0.1) is 0 Å². The predicted octanol–water partition coefficient (Wildman–Crippen LogP) is 7.31. The highest BCUT2D eigenvalue weighted by molar-refractivity contribution is 9.25. The van der Waals surface area contributed by atoms with Crippen molar-refractivity contribution < 1.29 is 0 Å². The van der Waals surface area contributed by atoms with Crippen LogP contribution in [0.5, 0.6) is 0 Å². The lowest BCUT2D eigenvalue weighted by Crippen LogP contribution is -2.05. The van der Waals surface area contributed by atoms with Crippen LogP contribution < -0.4 is 0 Å². The first-order valence-electron chi connectivity index (χ1n) is 7.31. The number of hydrogen-bond acceptors (Lipinski definition) is 0. The molecular weight excluding hydrogens is 374 g/mol. The molecule has 0 fully saturated rings. The molecule has 0 radical (unpaired) electrons. The molecular formula is C14H26BBr2Cl. The van der Waals surface area contributed by atoms with E-state index in [1.165, 1.54) is 55.8 Å². The van der Waals surface area contributed by atoms with Gasteiger partial charge in [0.1, 0.15) is 0 Å².